The number of aromatic nitrogens is 1. The molecule has 4 rings (SSSR count). The number of carbonyl (C=O) groups excluding carboxylic acids is 1. The van der Waals surface area contributed by atoms with E-state index in [1.54, 1.807) is 30.4 Å². The second-order valence-electron chi connectivity index (χ2n) is 6.93. The largest absolute Gasteiger partial charge is 0.362 e. The van der Waals surface area contributed by atoms with Crippen molar-refractivity contribution in [2.45, 2.75) is 24.7 Å². The normalized spacial score (nSPS) is 15.7. The Labute approximate surface area is 183 Å². The number of nitrogens with zero attached hydrogens (tertiary/aromatic N) is 3. The van der Waals surface area contributed by atoms with Gasteiger partial charge in [-0.05, 0) is 49.1 Å². The van der Waals surface area contributed by atoms with Gasteiger partial charge in [-0.3, -0.25) is 4.79 Å². The minimum atomic E-state index is -3.78. The van der Waals surface area contributed by atoms with Crippen LogP contribution in [0.3, 0.4) is 0 Å². The molecule has 1 aliphatic heterocycles. The average molecular weight is 461 g/mol. The number of nitrogens with one attached hydrogen (secondary N) is 1. The van der Waals surface area contributed by atoms with Gasteiger partial charge in [0.05, 0.1) is 10.6 Å². The molecule has 0 aliphatic carbocycles. The van der Waals surface area contributed by atoms with E-state index in [9.17, 15) is 13.2 Å². The van der Waals surface area contributed by atoms with E-state index in [1.807, 2.05) is 28.8 Å². The summed E-state index contributed by atoms with van der Waals surface area (Å²) < 4.78 is 29.0. The summed E-state index contributed by atoms with van der Waals surface area (Å²) in [6.07, 6.45) is 1.56. The molecule has 30 heavy (non-hydrogen) atoms. The van der Waals surface area contributed by atoms with Gasteiger partial charge in [0.15, 0.2) is 0 Å². The number of aryl methyl sites for hydroxylation is 1. The maximum absolute atomic E-state index is 12.7. The van der Waals surface area contributed by atoms with Gasteiger partial charge in [-0.1, -0.05) is 0 Å². The fraction of sp³-hybridized carbons (Fsp3) is 0.250. The first-order valence-electron chi connectivity index (χ1n) is 9.30. The second kappa shape index (κ2) is 8.29. The number of amides is 1. The molecular weight excluding hydrogens is 440 g/mol. The molecule has 0 atom stereocenters. The summed E-state index contributed by atoms with van der Waals surface area (Å²) in [6, 6.07) is 8.02. The van der Waals surface area contributed by atoms with Gasteiger partial charge in [0.25, 0.3) is 15.9 Å². The topological polar surface area (TPSA) is 91.7 Å². The minimum absolute atomic E-state index is 0.0991. The molecule has 156 valence electrons. The Balaban J connectivity index is 1.49. The van der Waals surface area contributed by atoms with Crippen LogP contribution in [0.2, 0.25) is 0 Å². The van der Waals surface area contributed by atoms with Crippen molar-refractivity contribution in [2.24, 2.45) is 4.40 Å². The molecule has 0 unspecified atom stereocenters. The maximum atomic E-state index is 12.7. The molecule has 0 spiro atoms. The van der Waals surface area contributed by atoms with Crippen molar-refractivity contribution in [3.63, 3.8) is 0 Å². The molecule has 0 bridgehead atoms. The number of likely N-dealkylation sites (tertiary alicyclic amines) is 1. The van der Waals surface area contributed by atoms with Crippen LogP contribution < -0.4 is 5.32 Å². The van der Waals surface area contributed by atoms with Gasteiger partial charge in [0.1, 0.15) is 15.7 Å². The summed E-state index contributed by atoms with van der Waals surface area (Å²) in [6.45, 7) is 2.61. The number of benzene rings is 1. The Morgan fingerprint density at radius 3 is 2.63 bits per heavy atom. The number of carbonyl (C=O) groups is 1. The molecule has 0 saturated carbocycles. The third kappa shape index (κ3) is 4.30. The lowest BCUT2D eigenvalue weighted by Crippen LogP contribution is -2.20. The highest BCUT2D eigenvalue weighted by molar-refractivity contribution is 7.90. The number of thiophene rings is 1. The lowest BCUT2D eigenvalue weighted by molar-refractivity contribution is 0.103. The molecule has 2 aromatic heterocycles. The van der Waals surface area contributed by atoms with Crippen LogP contribution >= 0.6 is 22.7 Å². The highest BCUT2D eigenvalue weighted by atomic mass is 32.2. The molecule has 3 aromatic rings. The zero-order chi connectivity index (χ0) is 21.3. The number of anilines is 1. The van der Waals surface area contributed by atoms with Crippen LogP contribution in [-0.4, -0.2) is 43.6 Å². The van der Waals surface area contributed by atoms with Crippen LogP contribution in [-0.2, 0) is 10.0 Å². The van der Waals surface area contributed by atoms with E-state index in [4.69, 9.17) is 0 Å². The number of thiazole rings is 1. The zero-order valence-electron chi connectivity index (χ0n) is 16.5. The van der Waals surface area contributed by atoms with E-state index in [1.165, 1.54) is 23.5 Å². The summed E-state index contributed by atoms with van der Waals surface area (Å²) >= 11 is 2.91. The smallest absolute Gasteiger partial charge is 0.283 e. The second-order valence-corrected chi connectivity index (χ2v) is 10.3. The Morgan fingerprint density at radius 2 is 2.00 bits per heavy atom. The van der Waals surface area contributed by atoms with Gasteiger partial charge in [-0.15, -0.1) is 15.7 Å². The fourth-order valence-electron chi connectivity index (χ4n) is 3.12. The fourth-order valence-corrected chi connectivity index (χ4v) is 5.88. The first-order chi connectivity index (χ1) is 14.3. The summed E-state index contributed by atoms with van der Waals surface area (Å²) in [4.78, 5) is 19.7. The van der Waals surface area contributed by atoms with Crippen LogP contribution in [0.1, 0.15) is 28.2 Å². The Hall–Kier alpha value is -2.56. The molecular formula is C20H20N4O3S3. The van der Waals surface area contributed by atoms with Crippen molar-refractivity contribution in [3.05, 3.63) is 51.7 Å². The number of amidine groups is 1. The summed E-state index contributed by atoms with van der Waals surface area (Å²) in [5.41, 5.74) is 2.17. The van der Waals surface area contributed by atoms with E-state index in [0.717, 1.165) is 23.5 Å². The highest BCUT2D eigenvalue weighted by Gasteiger charge is 2.21. The van der Waals surface area contributed by atoms with Gasteiger partial charge in [0, 0.05) is 36.6 Å². The van der Waals surface area contributed by atoms with Crippen LogP contribution in [0.5, 0.6) is 0 Å². The predicted molar refractivity (Wildman–Crippen MR) is 121 cm³/mol. The Morgan fingerprint density at radius 1 is 1.23 bits per heavy atom. The molecule has 1 saturated heterocycles. The summed E-state index contributed by atoms with van der Waals surface area (Å²) in [5, 5.41) is 7.57. The number of hydrogen-bond donors (Lipinski definition) is 1. The lowest BCUT2D eigenvalue weighted by atomic mass is 10.3. The van der Waals surface area contributed by atoms with E-state index in [0.29, 0.717) is 28.5 Å². The van der Waals surface area contributed by atoms with E-state index in [2.05, 4.69) is 14.7 Å². The van der Waals surface area contributed by atoms with E-state index in [-0.39, 0.29) is 10.8 Å². The summed E-state index contributed by atoms with van der Waals surface area (Å²) in [5.74, 6) is 0.310. The van der Waals surface area contributed by atoms with Crippen molar-refractivity contribution in [1.29, 1.82) is 0 Å². The quantitative estimate of drug-likeness (QED) is 0.615. The lowest BCUT2D eigenvalue weighted by Gasteiger charge is -2.11. The minimum Gasteiger partial charge on any atom is -0.362 e. The van der Waals surface area contributed by atoms with Gasteiger partial charge in [-0.2, -0.15) is 19.8 Å². The molecule has 3 heterocycles. The molecule has 10 heteroatoms. The van der Waals surface area contributed by atoms with Gasteiger partial charge < -0.3 is 10.2 Å². The first kappa shape index (κ1) is 20.7. The monoisotopic (exact) mass is 460 g/mol. The molecule has 1 fully saturated rings. The average Bonchev–Trinajstić information content (AvgIpc) is 3.44. The molecule has 1 aliphatic rings. The highest BCUT2D eigenvalue weighted by Crippen LogP contribution is 2.30. The van der Waals surface area contributed by atoms with Crippen LogP contribution in [0, 0.1) is 6.92 Å². The number of rotatable bonds is 5. The van der Waals surface area contributed by atoms with Crippen molar-refractivity contribution in [1.82, 2.24) is 9.88 Å². The van der Waals surface area contributed by atoms with Crippen LogP contribution in [0.4, 0.5) is 5.69 Å². The zero-order valence-corrected chi connectivity index (χ0v) is 18.9. The van der Waals surface area contributed by atoms with Crippen LogP contribution in [0.25, 0.3) is 10.6 Å². The molecule has 1 aromatic carbocycles. The Bertz CT molecular complexity index is 1200. The molecule has 1 N–H and O–H groups in total. The van der Waals surface area contributed by atoms with Crippen LogP contribution in [0.15, 0.2) is 50.4 Å². The van der Waals surface area contributed by atoms with Gasteiger partial charge >= 0.3 is 0 Å². The van der Waals surface area contributed by atoms with E-state index >= 15 is 0 Å². The van der Waals surface area contributed by atoms with Crippen molar-refractivity contribution < 1.29 is 13.2 Å². The first-order valence-corrected chi connectivity index (χ1v) is 12.5. The van der Waals surface area contributed by atoms with Crippen molar-refractivity contribution in [2.75, 3.05) is 18.9 Å². The van der Waals surface area contributed by atoms with E-state index < -0.39 is 10.0 Å². The van der Waals surface area contributed by atoms with Gasteiger partial charge in [-0.25, -0.2) is 4.98 Å². The molecule has 0 radical (unpaired) electrons. The van der Waals surface area contributed by atoms with Gasteiger partial charge in [0.2, 0.25) is 0 Å². The SMILES string of the molecule is Cc1nc(-c2ccsc2)sc1C(=O)Nc1ccc(S(=O)(=O)/N=C2\CCCN2C)cc1. The Kier molecular flexibility index (Phi) is 5.72. The standard InChI is InChI=1S/C20H20N4O3S3/c1-13-18(29-20(21-13)14-9-11-28-12-14)19(25)22-15-5-7-16(8-6-15)30(26,27)23-17-4-3-10-24(17)2/h5-9,11-12H,3-4,10H2,1-2H3,(H,22,25)/b23-17+. The van der Waals surface area contributed by atoms with Crippen molar-refractivity contribution in [3.8, 4) is 10.6 Å². The summed E-state index contributed by atoms with van der Waals surface area (Å²) in [7, 11) is -1.94. The molecule has 7 nitrogen and oxygen atoms in total. The third-order valence-electron chi connectivity index (χ3n) is 4.74. The third-order valence-corrected chi connectivity index (χ3v) is 7.95. The van der Waals surface area contributed by atoms with Crippen molar-refractivity contribution >= 4 is 50.1 Å². The molecule has 1 amide bonds. The maximum Gasteiger partial charge on any atom is 0.283 e. The predicted octanol–water partition coefficient (Wildman–Crippen LogP) is 4.25. The number of sulfonamides is 1. The number of hydrogen-bond acceptors (Lipinski definition) is 6.